The number of rotatable bonds is 15. The molecule has 0 bridgehead atoms. The Morgan fingerprint density at radius 1 is 0.952 bits per heavy atom. The van der Waals surface area contributed by atoms with E-state index in [0.29, 0.717) is 45.9 Å². The lowest BCUT2D eigenvalue weighted by Crippen LogP contribution is -2.27. The fourth-order valence-electron chi connectivity index (χ4n) is 1.41. The zero-order chi connectivity index (χ0) is 15.8. The van der Waals surface area contributed by atoms with Gasteiger partial charge in [0.2, 0.25) is 5.91 Å². The van der Waals surface area contributed by atoms with Crippen molar-refractivity contribution in [3.05, 3.63) is 0 Å². The summed E-state index contributed by atoms with van der Waals surface area (Å²) in [6, 6.07) is 0. The summed E-state index contributed by atoms with van der Waals surface area (Å²) < 4.78 is 15.2. The molecule has 0 heterocycles. The van der Waals surface area contributed by atoms with E-state index in [1.54, 1.807) is 0 Å². The van der Waals surface area contributed by atoms with Crippen molar-refractivity contribution in [2.45, 2.75) is 19.3 Å². The minimum absolute atomic E-state index is 0.0143. The first kappa shape index (κ1) is 19.8. The average Bonchev–Trinajstić information content (AvgIpc) is 2.45. The highest BCUT2D eigenvalue weighted by atomic mass is 16.5. The van der Waals surface area contributed by atoms with Gasteiger partial charge in [-0.25, -0.2) is 4.79 Å². The second-order valence-corrected chi connectivity index (χ2v) is 4.27. The number of unbranched alkanes of at least 4 members (excludes halogenated alkanes) is 1. The van der Waals surface area contributed by atoms with E-state index in [-0.39, 0.29) is 19.1 Å². The van der Waals surface area contributed by atoms with E-state index < -0.39 is 5.97 Å². The molecule has 0 aromatic heterocycles. The number of amides is 1. The van der Waals surface area contributed by atoms with Crippen molar-refractivity contribution in [2.24, 2.45) is 5.73 Å². The van der Waals surface area contributed by atoms with Crippen molar-refractivity contribution in [3.8, 4) is 0 Å². The van der Waals surface area contributed by atoms with Crippen molar-refractivity contribution in [3.63, 3.8) is 0 Å². The number of carbonyl (C=O) groups excluding carboxylic acids is 1. The molecule has 0 saturated heterocycles. The van der Waals surface area contributed by atoms with Gasteiger partial charge in [0.25, 0.3) is 0 Å². The molecule has 4 N–H and O–H groups in total. The first-order valence-electron chi connectivity index (χ1n) is 7.08. The van der Waals surface area contributed by atoms with Crippen LogP contribution >= 0.6 is 0 Å². The molecule has 0 spiro atoms. The van der Waals surface area contributed by atoms with Crippen molar-refractivity contribution < 1.29 is 28.9 Å². The number of carboxylic acid groups (broad SMARTS) is 1. The summed E-state index contributed by atoms with van der Waals surface area (Å²) in [5.74, 6) is -1.02. The molecule has 21 heavy (non-hydrogen) atoms. The molecule has 0 radical (unpaired) electrons. The minimum Gasteiger partial charge on any atom is -0.480 e. The van der Waals surface area contributed by atoms with E-state index in [1.165, 1.54) is 0 Å². The lowest BCUT2D eigenvalue weighted by Gasteiger charge is -2.07. The van der Waals surface area contributed by atoms with Crippen LogP contribution in [0.5, 0.6) is 0 Å². The Morgan fingerprint density at radius 3 is 2.38 bits per heavy atom. The van der Waals surface area contributed by atoms with Gasteiger partial charge in [-0.15, -0.1) is 0 Å². The molecule has 0 aliphatic rings. The SMILES string of the molecule is NCCOCCCCC(=O)NCCOCCOCC(=O)O. The number of carboxylic acids is 1. The highest BCUT2D eigenvalue weighted by molar-refractivity contribution is 5.75. The molecule has 8 nitrogen and oxygen atoms in total. The average molecular weight is 306 g/mol. The molecular formula is C13H26N2O6. The Labute approximate surface area is 124 Å². The van der Waals surface area contributed by atoms with Gasteiger partial charge in [0.1, 0.15) is 6.61 Å². The molecular weight excluding hydrogens is 280 g/mol. The van der Waals surface area contributed by atoms with E-state index >= 15 is 0 Å². The summed E-state index contributed by atoms with van der Waals surface area (Å²) >= 11 is 0. The van der Waals surface area contributed by atoms with Gasteiger partial charge < -0.3 is 30.4 Å². The summed E-state index contributed by atoms with van der Waals surface area (Å²) in [5.41, 5.74) is 5.28. The van der Waals surface area contributed by atoms with Gasteiger partial charge in [0, 0.05) is 26.1 Å². The van der Waals surface area contributed by atoms with Crippen molar-refractivity contribution >= 4 is 11.9 Å². The van der Waals surface area contributed by atoms with Crippen LogP contribution in [0.25, 0.3) is 0 Å². The molecule has 0 aliphatic carbocycles. The van der Waals surface area contributed by atoms with Gasteiger partial charge >= 0.3 is 5.97 Å². The van der Waals surface area contributed by atoms with Gasteiger partial charge in [-0.05, 0) is 12.8 Å². The molecule has 0 rings (SSSR count). The van der Waals surface area contributed by atoms with Gasteiger partial charge in [-0.3, -0.25) is 4.79 Å². The van der Waals surface area contributed by atoms with Crippen molar-refractivity contribution in [1.82, 2.24) is 5.32 Å². The topological polar surface area (TPSA) is 120 Å². The Hall–Kier alpha value is -1.22. The Balaban J connectivity index is 3.17. The zero-order valence-electron chi connectivity index (χ0n) is 12.3. The highest BCUT2D eigenvalue weighted by Gasteiger charge is 2.00. The Morgan fingerprint density at radius 2 is 1.67 bits per heavy atom. The second-order valence-electron chi connectivity index (χ2n) is 4.27. The maximum atomic E-state index is 11.4. The lowest BCUT2D eigenvalue weighted by molar-refractivity contribution is -0.142. The second kappa shape index (κ2) is 15.2. The van der Waals surface area contributed by atoms with Crippen LogP contribution < -0.4 is 11.1 Å². The third kappa shape index (κ3) is 16.7. The molecule has 8 heteroatoms. The molecule has 0 aliphatic heterocycles. The largest absolute Gasteiger partial charge is 0.480 e. The Kier molecular flexibility index (Phi) is 14.3. The van der Waals surface area contributed by atoms with Gasteiger partial charge in [-0.2, -0.15) is 0 Å². The normalized spacial score (nSPS) is 10.5. The quantitative estimate of drug-likeness (QED) is 0.344. The number of hydrogen-bond acceptors (Lipinski definition) is 6. The summed E-state index contributed by atoms with van der Waals surface area (Å²) in [7, 11) is 0. The van der Waals surface area contributed by atoms with E-state index in [1.807, 2.05) is 0 Å². The summed E-state index contributed by atoms with van der Waals surface area (Å²) in [6.07, 6.45) is 2.08. The minimum atomic E-state index is -1.00. The molecule has 0 saturated carbocycles. The van der Waals surface area contributed by atoms with Crippen LogP contribution in [-0.4, -0.2) is 69.7 Å². The van der Waals surface area contributed by atoms with Crippen LogP contribution in [0.2, 0.25) is 0 Å². The monoisotopic (exact) mass is 306 g/mol. The highest BCUT2D eigenvalue weighted by Crippen LogP contribution is 1.95. The maximum absolute atomic E-state index is 11.4. The fraction of sp³-hybridized carbons (Fsp3) is 0.846. The predicted molar refractivity (Wildman–Crippen MR) is 76.0 cm³/mol. The number of aliphatic carboxylic acids is 1. The van der Waals surface area contributed by atoms with Gasteiger partial charge in [0.05, 0.1) is 26.4 Å². The summed E-state index contributed by atoms with van der Waals surface area (Å²) in [5, 5.41) is 11.1. The van der Waals surface area contributed by atoms with Gasteiger partial charge in [0.15, 0.2) is 0 Å². The van der Waals surface area contributed by atoms with E-state index in [2.05, 4.69) is 5.32 Å². The molecule has 0 fully saturated rings. The molecule has 0 atom stereocenters. The van der Waals surface area contributed by atoms with Crippen LogP contribution in [0.4, 0.5) is 0 Å². The van der Waals surface area contributed by atoms with Crippen LogP contribution in [0, 0.1) is 0 Å². The number of nitrogens with one attached hydrogen (secondary N) is 1. The smallest absolute Gasteiger partial charge is 0.329 e. The molecule has 0 aromatic carbocycles. The predicted octanol–water partition coefficient (Wildman–Crippen LogP) is -0.634. The zero-order valence-corrected chi connectivity index (χ0v) is 12.3. The summed E-state index contributed by atoms with van der Waals surface area (Å²) in [4.78, 5) is 21.6. The standard InChI is InChI=1S/C13H26N2O6/c14-4-7-19-6-2-1-3-12(16)15-5-8-20-9-10-21-11-13(17)18/h1-11,14H2,(H,15,16)(H,17,18). The van der Waals surface area contributed by atoms with E-state index in [4.69, 9.17) is 25.1 Å². The molecule has 124 valence electrons. The van der Waals surface area contributed by atoms with Crippen LogP contribution in [0.1, 0.15) is 19.3 Å². The lowest BCUT2D eigenvalue weighted by atomic mass is 10.2. The van der Waals surface area contributed by atoms with E-state index in [0.717, 1.165) is 12.8 Å². The third-order valence-electron chi connectivity index (χ3n) is 2.37. The maximum Gasteiger partial charge on any atom is 0.329 e. The molecule has 0 aromatic rings. The molecule has 0 unspecified atom stereocenters. The number of nitrogens with two attached hydrogens (primary N) is 1. The van der Waals surface area contributed by atoms with E-state index in [9.17, 15) is 9.59 Å². The van der Waals surface area contributed by atoms with Crippen molar-refractivity contribution in [2.75, 3.05) is 52.7 Å². The van der Waals surface area contributed by atoms with Crippen LogP contribution in [0.3, 0.4) is 0 Å². The number of hydrogen-bond donors (Lipinski definition) is 3. The third-order valence-corrected chi connectivity index (χ3v) is 2.37. The van der Waals surface area contributed by atoms with Gasteiger partial charge in [-0.1, -0.05) is 0 Å². The first-order valence-corrected chi connectivity index (χ1v) is 7.08. The van der Waals surface area contributed by atoms with Crippen LogP contribution in [0.15, 0.2) is 0 Å². The van der Waals surface area contributed by atoms with Crippen LogP contribution in [-0.2, 0) is 23.8 Å². The summed E-state index contributed by atoms with van der Waals surface area (Å²) in [6.45, 7) is 2.72. The Bertz CT molecular complexity index is 275. The molecule has 1 amide bonds. The number of ether oxygens (including phenoxy) is 3. The number of carbonyl (C=O) groups is 2. The first-order chi connectivity index (χ1) is 10.2. The fourth-order valence-corrected chi connectivity index (χ4v) is 1.41. The van der Waals surface area contributed by atoms with Crippen molar-refractivity contribution in [1.29, 1.82) is 0 Å².